The molecule has 0 aromatic heterocycles. The zero-order valence-electron chi connectivity index (χ0n) is 9.29. The van der Waals surface area contributed by atoms with Crippen LogP contribution < -0.4 is 5.32 Å². The highest BCUT2D eigenvalue weighted by molar-refractivity contribution is 5.88. The molecule has 0 saturated carbocycles. The lowest BCUT2D eigenvalue weighted by molar-refractivity contribution is -0.134. The average Bonchev–Trinajstić information content (AvgIpc) is 2.28. The van der Waals surface area contributed by atoms with Crippen molar-refractivity contribution in [3.8, 4) is 0 Å². The van der Waals surface area contributed by atoms with Crippen molar-refractivity contribution in [1.29, 1.82) is 0 Å². The average molecular weight is 223 g/mol. The van der Waals surface area contributed by atoms with Gasteiger partial charge in [0.05, 0.1) is 7.11 Å². The van der Waals surface area contributed by atoms with Crippen molar-refractivity contribution in [2.45, 2.75) is 6.92 Å². The number of hydrogen-bond acceptors (Lipinski definition) is 3. The van der Waals surface area contributed by atoms with Gasteiger partial charge in [-0.05, 0) is 36.8 Å². The van der Waals surface area contributed by atoms with Gasteiger partial charge in [0.2, 0.25) is 0 Å². The maximum Gasteiger partial charge on any atom is 0.330 e. The molecule has 1 aromatic carbocycles. The van der Waals surface area contributed by atoms with E-state index >= 15 is 0 Å². The van der Waals surface area contributed by atoms with E-state index in [1.54, 1.807) is 12.1 Å². The minimum atomic E-state index is -0.438. The summed E-state index contributed by atoms with van der Waals surface area (Å²) in [5.41, 5.74) is 1.40. The Morgan fingerprint density at radius 1 is 1.56 bits per heavy atom. The van der Waals surface area contributed by atoms with Gasteiger partial charge in [-0.3, -0.25) is 0 Å². The molecule has 0 radical (unpaired) electrons. The number of anilines is 1. The van der Waals surface area contributed by atoms with Gasteiger partial charge < -0.3 is 10.1 Å². The fourth-order valence-electron chi connectivity index (χ4n) is 1.24. The number of methoxy groups -OCH3 is 1. The molecule has 0 aliphatic carbocycles. The molecule has 16 heavy (non-hydrogen) atoms. The third-order valence-corrected chi connectivity index (χ3v) is 1.98. The quantitative estimate of drug-likeness (QED) is 0.629. The van der Waals surface area contributed by atoms with Gasteiger partial charge in [0.15, 0.2) is 0 Å². The number of esters is 1. The first-order chi connectivity index (χ1) is 7.67. The van der Waals surface area contributed by atoms with Crippen LogP contribution in [0, 0.1) is 5.82 Å². The van der Waals surface area contributed by atoms with Gasteiger partial charge in [0.1, 0.15) is 5.82 Å². The number of halogens is 1. The molecule has 1 aromatic rings. The Kier molecular flexibility index (Phi) is 4.51. The summed E-state index contributed by atoms with van der Waals surface area (Å²) in [6, 6.07) is 4.34. The molecule has 1 N–H and O–H groups in total. The Hall–Kier alpha value is -1.84. The van der Waals surface area contributed by atoms with Crippen molar-refractivity contribution in [3.63, 3.8) is 0 Å². The highest BCUT2D eigenvalue weighted by atomic mass is 19.1. The van der Waals surface area contributed by atoms with Crippen LogP contribution in [0.2, 0.25) is 0 Å². The largest absolute Gasteiger partial charge is 0.466 e. The highest BCUT2D eigenvalue weighted by Crippen LogP contribution is 2.18. The molecular formula is C12H14FNO2. The van der Waals surface area contributed by atoms with Gasteiger partial charge in [-0.25, -0.2) is 9.18 Å². The van der Waals surface area contributed by atoms with Crippen LogP contribution >= 0.6 is 0 Å². The minimum Gasteiger partial charge on any atom is -0.466 e. The number of ether oxygens (including phenoxy) is 1. The van der Waals surface area contributed by atoms with E-state index in [9.17, 15) is 9.18 Å². The highest BCUT2D eigenvalue weighted by Gasteiger charge is 2.01. The van der Waals surface area contributed by atoms with Crippen LogP contribution in [0.5, 0.6) is 0 Å². The molecule has 0 fully saturated rings. The molecule has 3 nitrogen and oxygen atoms in total. The lowest BCUT2D eigenvalue weighted by Crippen LogP contribution is -2.00. The Morgan fingerprint density at radius 3 is 2.94 bits per heavy atom. The van der Waals surface area contributed by atoms with Gasteiger partial charge >= 0.3 is 5.97 Å². The second-order valence-corrected chi connectivity index (χ2v) is 3.12. The molecular weight excluding hydrogens is 209 g/mol. The standard InChI is InChI=1S/C12H14FNO2/c1-3-14-11-8-10(13)6-4-9(11)5-7-12(15)16-2/h4-8,14H,3H2,1-2H3. The van der Waals surface area contributed by atoms with Crippen molar-refractivity contribution < 1.29 is 13.9 Å². The van der Waals surface area contributed by atoms with E-state index in [1.807, 2.05) is 6.92 Å². The molecule has 0 atom stereocenters. The molecule has 0 spiro atoms. The lowest BCUT2D eigenvalue weighted by atomic mass is 10.1. The normalized spacial score (nSPS) is 10.4. The zero-order valence-corrected chi connectivity index (χ0v) is 9.29. The van der Waals surface area contributed by atoms with Crippen molar-refractivity contribution in [2.75, 3.05) is 19.0 Å². The van der Waals surface area contributed by atoms with Gasteiger partial charge in [-0.2, -0.15) is 0 Å². The summed E-state index contributed by atoms with van der Waals surface area (Å²) in [4.78, 5) is 10.9. The Balaban J connectivity index is 2.94. The maximum atomic E-state index is 13.0. The first kappa shape index (κ1) is 12.2. The summed E-state index contributed by atoms with van der Waals surface area (Å²) in [6.45, 7) is 2.60. The predicted molar refractivity (Wildman–Crippen MR) is 61.6 cm³/mol. The Morgan fingerprint density at radius 2 is 2.31 bits per heavy atom. The second kappa shape index (κ2) is 5.90. The first-order valence-electron chi connectivity index (χ1n) is 4.96. The van der Waals surface area contributed by atoms with E-state index in [0.717, 1.165) is 5.56 Å². The molecule has 86 valence electrons. The van der Waals surface area contributed by atoms with Gasteiger partial charge in [0, 0.05) is 18.3 Å². The van der Waals surface area contributed by atoms with Crippen molar-refractivity contribution >= 4 is 17.7 Å². The fourth-order valence-corrected chi connectivity index (χ4v) is 1.24. The van der Waals surface area contributed by atoms with E-state index in [1.165, 1.54) is 25.3 Å². The van der Waals surface area contributed by atoms with Gasteiger partial charge in [0.25, 0.3) is 0 Å². The topological polar surface area (TPSA) is 38.3 Å². The number of hydrogen-bond donors (Lipinski definition) is 1. The molecule has 0 aliphatic heterocycles. The number of nitrogens with one attached hydrogen (secondary N) is 1. The summed E-state index contributed by atoms with van der Waals surface area (Å²) >= 11 is 0. The van der Waals surface area contributed by atoms with Crippen molar-refractivity contribution in [1.82, 2.24) is 0 Å². The monoisotopic (exact) mass is 223 g/mol. The van der Waals surface area contributed by atoms with E-state index in [4.69, 9.17) is 0 Å². The number of carbonyl (C=O) groups excluding carboxylic acids is 1. The number of benzene rings is 1. The molecule has 0 saturated heterocycles. The molecule has 4 heteroatoms. The summed E-state index contributed by atoms with van der Waals surface area (Å²) in [5, 5.41) is 3.02. The SMILES string of the molecule is CCNc1cc(F)ccc1C=CC(=O)OC. The molecule has 0 unspecified atom stereocenters. The minimum absolute atomic E-state index is 0.314. The van der Waals surface area contributed by atoms with Crippen LogP contribution in [0.4, 0.5) is 10.1 Å². The van der Waals surface area contributed by atoms with Gasteiger partial charge in [-0.15, -0.1) is 0 Å². The van der Waals surface area contributed by atoms with Crippen LogP contribution in [0.15, 0.2) is 24.3 Å². The summed E-state index contributed by atoms with van der Waals surface area (Å²) < 4.78 is 17.5. The van der Waals surface area contributed by atoms with E-state index in [2.05, 4.69) is 10.1 Å². The van der Waals surface area contributed by atoms with E-state index < -0.39 is 5.97 Å². The molecule has 0 amide bonds. The van der Waals surface area contributed by atoms with E-state index in [-0.39, 0.29) is 5.82 Å². The number of rotatable bonds is 4. The molecule has 0 bridgehead atoms. The van der Waals surface area contributed by atoms with Crippen molar-refractivity contribution in [2.24, 2.45) is 0 Å². The summed E-state index contributed by atoms with van der Waals surface area (Å²) in [7, 11) is 1.31. The summed E-state index contributed by atoms with van der Waals surface area (Å²) in [5.74, 6) is -0.752. The smallest absolute Gasteiger partial charge is 0.330 e. The van der Waals surface area contributed by atoms with Crippen LogP contribution in [0.25, 0.3) is 6.08 Å². The third kappa shape index (κ3) is 3.38. The van der Waals surface area contributed by atoms with Crippen molar-refractivity contribution in [3.05, 3.63) is 35.7 Å². The number of carbonyl (C=O) groups is 1. The lowest BCUT2D eigenvalue weighted by Gasteiger charge is -2.07. The molecule has 0 heterocycles. The second-order valence-electron chi connectivity index (χ2n) is 3.12. The summed E-state index contributed by atoms with van der Waals surface area (Å²) in [6.07, 6.45) is 2.89. The Labute approximate surface area is 93.9 Å². The van der Waals surface area contributed by atoms with Crippen LogP contribution in [-0.4, -0.2) is 19.6 Å². The van der Waals surface area contributed by atoms with Crippen LogP contribution in [-0.2, 0) is 9.53 Å². The zero-order chi connectivity index (χ0) is 12.0. The fraction of sp³-hybridized carbons (Fsp3) is 0.250. The Bertz CT molecular complexity index is 402. The molecule has 1 rings (SSSR count). The van der Waals surface area contributed by atoms with Gasteiger partial charge in [-0.1, -0.05) is 0 Å². The predicted octanol–water partition coefficient (Wildman–Crippen LogP) is 2.44. The molecule has 0 aliphatic rings. The van der Waals surface area contributed by atoms with Crippen LogP contribution in [0.3, 0.4) is 0 Å². The third-order valence-electron chi connectivity index (χ3n) is 1.98. The first-order valence-corrected chi connectivity index (χ1v) is 4.96. The van der Waals surface area contributed by atoms with E-state index in [0.29, 0.717) is 12.2 Å². The van der Waals surface area contributed by atoms with Crippen LogP contribution in [0.1, 0.15) is 12.5 Å². The maximum absolute atomic E-state index is 13.0.